The van der Waals surface area contributed by atoms with Gasteiger partial charge in [0.1, 0.15) is 5.75 Å². The Hall–Kier alpha value is -1.30. The third-order valence-corrected chi connectivity index (χ3v) is 6.51. The third-order valence-electron chi connectivity index (χ3n) is 4.90. The van der Waals surface area contributed by atoms with Gasteiger partial charge in [-0.3, -0.25) is 0 Å². The van der Waals surface area contributed by atoms with Crippen molar-refractivity contribution in [1.29, 1.82) is 0 Å². The first-order valence-electron chi connectivity index (χ1n) is 9.02. The Kier molecular flexibility index (Phi) is 6.79. The fourth-order valence-corrected chi connectivity index (χ4v) is 4.63. The molecule has 3 rings (SSSR count). The summed E-state index contributed by atoms with van der Waals surface area (Å²) in [5, 5.41) is 6.99. The summed E-state index contributed by atoms with van der Waals surface area (Å²) >= 11 is 13.8. The topological polar surface area (TPSA) is 24.5 Å². The van der Waals surface area contributed by atoms with Crippen molar-refractivity contribution >= 4 is 46.0 Å². The number of rotatable bonds is 5. The number of anilines is 1. The van der Waals surface area contributed by atoms with Gasteiger partial charge in [0, 0.05) is 22.0 Å². The van der Waals surface area contributed by atoms with Crippen molar-refractivity contribution in [3.05, 3.63) is 45.1 Å². The van der Waals surface area contributed by atoms with E-state index >= 15 is 0 Å². The van der Waals surface area contributed by atoms with E-state index in [9.17, 15) is 0 Å². The van der Waals surface area contributed by atoms with E-state index in [1.807, 2.05) is 19.1 Å². The van der Waals surface area contributed by atoms with Crippen molar-refractivity contribution in [3.63, 3.8) is 0 Å². The summed E-state index contributed by atoms with van der Waals surface area (Å²) in [7, 11) is 1.65. The highest BCUT2D eigenvalue weighted by Gasteiger charge is 2.24. The number of aryl methyl sites for hydroxylation is 1. The van der Waals surface area contributed by atoms with Crippen molar-refractivity contribution in [3.8, 4) is 5.75 Å². The molecule has 2 aromatic rings. The quantitative estimate of drug-likeness (QED) is 0.591. The summed E-state index contributed by atoms with van der Waals surface area (Å²) in [6.45, 7) is 2.84. The van der Waals surface area contributed by atoms with Crippen molar-refractivity contribution in [2.45, 2.75) is 51.6 Å². The van der Waals surface area contributed by atoms with E-state index in [4.69, 9.17) is 28.6 Å². The van der Waals surface area contributed by atoms with Crippen LogP contribution in [0.25, 0.3) is 0 Å². The van der Waals surface area contributed by atoms with Crippen LogP contribution in [-0.4, -0.2) is 23.2 Å². The molecule has 0 bridgehead atoms. The molecule has 1 N–H and O–H groups in total. The summed E-state index contributed by atoms with van der Waals surface area (Å²) in [6.07, 6.45) is 6.27. The van der Waals surface area contributed by atoms with Crippen LogP contribution >= 0.6 is 35.2 Å². The molecule has 3 nitrogen and oxygen atoms in total. The largest absolute Gasteiger partial charge is 0.495 e. The van der Waals surface area contributed by atoms with Crippen LogP contribution in [0.3, 0.4) is 0 Å². The molecule has 0 amide bonds. The molecule has 1 aliphatic carbocycles. The second-order valence-electron chi connectivity index (χ2n) is 6.73. The van der Waals surface area contributed by atoms with Gasteiger partial charge >= 0.3 is 0 Å². The van der Waals surface area contributed by atoms with Crippen LogP contribution in [0.1, 0.15) is 42.5 Å². The van der Waals surface area contributed by atoms with E-state index in [-0.39, 0.29) is 0 Å². The molecule has 26 heavy (non-hydrogen) atoms. The molecule has 1 fully saturated rings. The molecule has 140 valence electrons. The Morgan fingerprint density at radius 1 is 1.35 bits per heavy atom. The number of halogens is 1. The van der Waals surface area contributed by atoms with Crippen LogP contribution in [0.2, 0.25) is 5.02 Å². The maximum Gasteiger partial charge on any atom is 0.174 e. The van der Waals surface area contributed by atoms with Crippen LogP contribution in [0.4, 0.5) is 5.69 Å². The lowest BCUT2D eigenvalue weighted by Gasteiger charge is -2.36. The van der Waals surface area contributed by atoms with Crippen molar-refractivity contribution < 1.29 is 4.74 Å². The fourth-order valence-electron chi connectivity index (χ4n) is 3.45. The van der Waals surface area contributed by atoms with Crippen molar-refractivity contribution in [2.75, 3.05) is 12.4 Å². The van der Waals surface area contributed by atoms with Crippen LogP contribution in [0.5, 0.6) is 5.75 Å². The first-order valence-corrected chi connectivity index (χ1v) is 10.7. The first kappa shape index (κ1) is 19.5. The predicted octanol–water partition coefficient (Wildman–Crippen LogP) is 6.25. The summed E-state index contributed by atoms with van der Waals surface area (Å²) in [4.78, 5) is 3.68. The first-order chi connectivity index (χ1) is 12.6. The third kappa shape index (κ3) is 4.70. The summed E-state index contributed by atoms with van der Waals surface area (Å²) < 4.78 is 5.49. The number of ether oxygens (including phenoxy) is 1. The molecule has 0 saturated heterocycles. The molecule has 1 saturated carbocycles. The monoisotopic (exact) mass is 408 g/mol. The molecule has 6 heteroatoms. The van der Waals surface area contributed by atoms with Gasteiger partial charge < -0.3 is 15.0 Å². The summed E-state index contributed by atoms with van der Waals surface area (Å²) in [5.41, 5.74) is 1.87. The van der Waals surface area contributed by atoms with E-state index in [0.717, 1.165) is 22.9 Å². The van der Waals surface area contributed by atoms with E-state index in [0.29, 0.717) is 16.8 Å². The van der Waals surface area contributed by atoms with Gasteiger partial charge in [-0.1, -0.05) is 36.9 Å². The minimum atomic E-state index is 0.491. The van der Waals surface area contributed by atoms with E-state index < -0.39 is 0 Å². The zero-order valence-electron chi connectivity index (χ0n) is 15.3. The number of methoxy groups -OCH3 is 1. The highest BCUT2D eigenvalue weighted by molar-refractivity contribution is 7.80. The molecule has 0 spiro atoms. The van der Waals surface area contributed by atoms with E-state index in [1.165, 1.54) is 37.0 Å². The fraction of sp³-hybridized carbons (Fsp3) is 0.450. The molecular weight excluding hydrogens is 384 g/mol. The standard InChI is InChI=1S/C20H25ClN2OS2/c1-14-11-18(19(24-2)12-17(14)21)22-20(25)23(13-16-9-6-10-26-16)15-7-4-3-5-8-15/h6,9-12,15H,3-5,7-8,13H2,1-2H3,(H,22,25). The molecule has 0 atom stereocenters. The lowest BCUT2D eigenvalue weighted by atomic mass is 9.94. The molecule has 1 aromatic carbocycles. The van der Waals surface area contributed by atoms with Gasteiger partial charge in [0.2, 0.25) is 0 Å². The Morgan fingerprint density at radius 3 is 2.77 bits per heavy atom. The van der Waals surface area contributed by atoms with Gasteiger partial charge in [0.25, 0.3) is 0 Å². The summed E-state index contributed by atoms with van der Waals surface area (Å²) in [6, 6.07) is 8.60. The number of nitrogens with zero attached hydrogens (tertiary/aromatic N) is 1. The molecule has 1 aliphatic rings. The summed E-state index contributed by atoms with van der Waals surface area (Å²) in [5.74, 6) is 0.711. The number of thiophene rings is 1. The van der Waals surface area contributed by atoms with E-state index in [2.05, 4.69) is 27.7 Å². The lowest BCUT2D eigenvalue weighted by molar-refractivity contribution is 0.242. The van der Waals surface area contributed by atoms with Gasteiger partial charge in [-0.2, -0.15) is 0 Å². The van der Waals surface area contributed by atoms with Gasteiger partial charge in [0.15, 0.2) is 5.11 Å². The molecular formula is C20H25ClN2OS2. The molecule has 0 aliphatic heterocycles. The average molecular weight is 409 g/mol. The number of hydrogen-bond acceptors (Lipinski definition) is 3. The minimum Gasteiger partial charge on any atom is -0.495 e. The zero-order valence-corrected chi connectivity index (χ0v) is 17.6. The van der Waals surface area contributed by atoms with Gasteiger partial charge in [-0.15, -0.1) is 11.3 Å². The minimum absolute atomic E-state index is 0.491. The smallest absolute Gasteiger partial charge is 0.174 e. The highest BCUT2D eigenvalue weighted by atomic mass is 35.5. The molecule has 0 unspecified atom stereocenters. The Morgan fingerprint density at radius 2 is 2.12 bits per heavy atom. The van der Waals surface area contributed by atoms with Crippen LogP contribution in [-0.2, 0) is 6.54 Å². The molecule has 1 aromatic heterocycles. The van der Waals surface area contributed by atoms with Crippen LogP contribution in [0, 0.1) is 6.92 Å². The Balaban J connectivity index is 1.81. The van der Waals surface area contributed by atoms with Crippen LogP contribution < -0.4 is 10.1 Å². The van der Waals surface area contributed by atoms with Gasteiger partial charge in [0.05, 0.1) is 19.3 Å². The van der Waals surface area contributed by atoms with Gasteiger partial charge in [-0.05, 0) is 55.1 Å². The molecule has 1 heterocycles. The SMILES string of the molecule is COc1cc(Cl)c(C)cc1NC(=S)N(Cc1cccs1)C1CCCCC1. The average Bonchev–Trinajstić information content (AvgIpc) is 3.16. The van der Waals surface area contributed by atoms with Crippen LogP contribution in [0.15, 0.2) is 29.6 Å². The van der Waals surface area contributed by atoms with E-state index in [1.54, 1.807) is 18.4 Å². The second kappa shape index (κ2) is 9.07. The Bertz CT molecular complexity index is 743. The normalized spacial score (nSPS) is 14.9. The molecule has 0 radical (unpaired) electrons. The van der Waals surface area contributed by atoms with Crippen molar-refractivity contribution in [2.24, 2.45) is 0 Å². The number of benzene rings is 1. The second-order valence-corrected chi connectivity index (χ2v) is 8.56. The lowest BCUT2D eigenvalue weighted by Crippen LogP contribution is -2.43. The van der Waals surface area contributed by atoms with Crippen molar-refractivity contribution in [1.82, 2.24) is 4.90 Å². The zero-order chi connectivity index (χ0) is 18.5. The Labute approximate surface area is 170 Å². The maximum atomic E-state index is 6.23. The maximum absolute atomic E-state index is 6.23. The van der Waals surface area contributed by atoms with Gasteiger partial charge in [-0.25, -0.2) is 0 Å². The number of hydrogen-bond donors (Lipinski definition) is 1. The predicted molar refractivity (Wildman–Crippen MR) is 116 cm³/mol. The highest BCUT2D eigenvalue weighted by Crippen LogP contribution is 2.32. The number of nitrogens with one attached hydrogen (secondary N) is 1. The number of thiocarbonyl (C=S) groups is 1.